The number of anilines is 2. The van der Waals surface area contributed by atoms with Crippen molar-refractivity contribution in [1.82, 2.24) is 9.97 Å². The first kappa shape index (κ1) is 14.4. The van der Waals surface area contributed by atoms with Gasteiger partial charge in [0, 0.05) is 17.9 Å². The Labute approximate surface area is 111 Å². The van der Waals surface area contributed by atoms with Crippen LogP contribution in [0.4, 0.5) is 11.6 Å². The van der Waals surface area contributed by atoms with Crippen LogP contribution < -0.4 is 16.6 Å². The number of hydrazine groups is 1. The number of aromatic nitrogens is 2. The summed E-state index contributed by atoms with van der Waals surface area (Å²) in [7, 11) is 0. The van der Waals surface area contributed by atoms with Crippen molar-refractivity contribution in [2.45, 2.75) is 25.0 Å². The van der Waals surface area contributed by atoms with Crippen LogP contribution in [0.1, 0.15) is 13.8 Å². The van der Waals surface area contributed by atoms with E-state index in [0.717, 1.165) is 17.3 Å². The Morgan fingerprint density at radius 3 is 2.71 bits per heavy atom. The van der Waals surface area contributed by atoms with Gasteiger partial charge in [0.05, 0.1) is 0 Å². The molecule has 7 heteroatoms. The van der Waals surface area contributed by atoms with Crippen molar-refractivity contribution in [2.24, 2.45) is 5.84 Å². The Morgan fingerprint density at radius 2 is 2.12 bits per heavy atom. The summed E-state index contributed by atoms with van der Waals surface area (Å²) in [6.45, 7) is 4.30. The summed E-state index contributed by atoms with van der Waals surface area (Å²) in [6.07, 6.45) is 1.94. The van der Waals surface area contributed by atoms with Crippen LogP contribution in [0.15, 0.2) is 11.2 Å². The molecule has 17 heavy (non-hydrogen) atoms. The van der Waals surface area contributed by atoms with Crippen molar-refractivity contribution in [2.75, 3.05) is 28.5 Å². The summed E-state index contributed by atoms with van der Waals surface area (Å²) in [5, 5.41) is 4.05. The van der Waals surface area contributed by atoms with Crippen LogP contribution in [-0.4, -0.2) is 33.8 Å². The van der Waals surface area contributed by atoms with E-state index in [0.29, 0.717) is 17.0 Å². The first-order valence-corrected chi connectivity index (χ1v) is 7.81. The van der Waals surface area contributed by atoms with Gasteiger partial charge in [0.2, 0.25) is 0 Å². The molecule has 0 bridgehead atoms. The second kappa shape index (κ2) is 7.62. The quantitative estimate of drug-likeness (QED) is 0.304. The molecule has 0 radical (unpaired) electrons. The first-order valence-electron chi connectivity index (χ1n) is 5.43. The smallest absolute Gasteiger partial charge is 0.191 e. The van der Waals surface area contributed by atoms with Crippen LogP contribution in [0.3, 0.4) is 0 Å². The van der Waals surface area contributed by atoms with E-state index in [1.807, 2.05) is 24.1 Å². The minimum absolute atomic E-state index is 0.371. The molecule has 0 aliphatic carbocycles. The van der Waals surface area contributed by atoms with Crippen LogP contribution in [0.25, 0.3) is 0 Å². The normalized spacial score (nSPS) is 12.2. The van der Waals surface area contributed by atoms with Gasteiger partial charge in [-0.3, -0.25) is 0 Å². The molecule has 0 saturated heterocycles. The fourth-order valence-corrected chi connectivity index (χ4v) is 2.30. The molecular formula is C10H19N5S2. The van der Waals surface area contributed by atoms with Crippen molar-refractivity contribution in [3.05, 3.63) is 6.07 Å². The zero-order valence-corrected chi connectivity index (χ0v) is 12.0. The highest BCUT2D eigenvalue weighted by Crippen LogP contribution is 2.17. The van der Waals surface area contributed by atoms with E-state index in [1.54, 1.807) is 0 Å². The number of nitrogens with one attached hydrogen (secondary N) is 2. The molecule has 0 spiro atoms. The molecule has 1 unspecified atom stereocenters. The zero-order valence-electron chi connectivity index (χ0n) is 10.4. The molecule has 0 aliphatic heterocycles. The topological polar surface area (TPSA) is 75.9 Å². The number of rotatable bonds is 7. The minimum atomic E-state index is 0.371. The van der Waals surface area contributed by atoms with E-state index in [-0.39, 0.29) is 0 Å². The van der Waals surface area contributed by atoms with Gasteiger partial charge in [-0.15, -0.1) is 0 Å². The molecule has 0 amide bonds. The van der Waals surface area contributed by atoms with Gasteiger partial charge >= 0.3 is 0 Å². The lowest BCUT2D eigenvalue weighted by molar-refractivity contribution is 0.877. The second-order valence-corrected chi connectivity index (χ2v) is 5.57. The van der Waals surface area contributed by atoms with E-state index < -0.39 is 0 Å². The Balaban J connectivity index is 2.68. The molecule has 0 saturated carbocycles. The number of nitrogens with two attached hydrogens (primary N) is 1. The van der Waals surface area contributed by atoms with E-state index in [1.165, 1.54) is 11.8 Å². The number of nitrogen functional groups attached to an aromatic ring is 1. The Bertz CT molecular complexity index is 325. The third-order valence-electron chi connectivity index (χ3n) is 2.00. The maximum Gasteiger partial charge on any atom is 0.191 e. The molecule has 5 nitrogen and oxygen atoms in total. The maximum atomic E-state index is 5.37. The molecule has 0 aliphatic rings. The summed E-state index contributed by atoms with van der Waals surface area (Å²) in [5.41, 5.74) is 2.55. The number of nitrogens with zero attached hydrogens (tertiary/aromatic N) is 2. The van der Waals surface area contributed by atoms with Crippen LogP contribution >= 0.6 is 23.5 Å². The molecule has 1 aromatic heterocycles. The van der Waals surface area contributed by atoms with E-state index in [4.69, 9.17) is 5.84 Å². The molecule has 0 fully saturated rings. The summed E-state index contributed by atoms with van der Waals surface area (Å²) in [5.74, 6) is 8.99. The van der Waals surface area contributed by atoms with Crippen molar-refractivity contribution in [3.8, 4) is 0 Å². The van der Waals surface area contributed by atoms with Gasteiger partial charge in [-0.1, -0.05) is 18.7 Å². The van der Waals surface area contributed by atoms with E-state index in [2.05, 4.69) is 34.6 Å². The van der Waals surface area contributed by atoms with Crippen LogP contribution in [0.5, 0.6) is 0 Å². The standard InChI is InChI=1S/C10H19N5S2/c1-4-17-6-7(2)12-8-5-9(15-11)14-10(13-8)16-3/h5,7H,4,6,11H2,1-3H3,(H2,12,13,14,15). The van der Waals surface area contributed by atoms with E-state index >= 15 is 0 Å². The summed E-state index contributed by atoms with van der Waals surface area (Å²) < 4.78 is 0. The van der Waals surface area contributed by atoms with Gasteiger partial charge in [0.15, 0.2) is 5.16 Å². The SMILES string of the molecule is CCSCC(C)Nc1cc(NN)nc(SC)n1. The lowest BCUT2D eigenvalue weighted by Gasteiger charge is -2.14. The van der Waals surface area contributed by atoms with Gasteiger partial charge in [-0.05, 0) is 18.9 Å². The Hall–Kier alpha value is -0.660. The van der Waals surface area contributed by atoms with Crippen LogP contribution in [-0.2, 0) is 0 Å². The summed E-state index contributed by atoms with van der Waals surface area (Å²) in [4.78, 5) is 8.59. The molecule has 1 atom stereocenters. The fraction of sp³-hybridized carbons (Fsp3) is 0.600. The fourth-order valence-electron chi connectivity index (χ4n) is 1.25. The van der Waals surface area contributed by atoms with E-state index in [9.17, 15) is 0 Å². The molecule has 0 aromatic carbocycles. The van der Waals surface area contributed by atoms with Gasteiger partial charge in [-0.25, -0.2) is 15.8 Å². The van der Waals surface area contributed by atoms with Crippen molar-refractivity contribution >= 4 is 35.2 Å². The molecule has 96 valence electrons. The molecule has 1 rings (SSSR count). The minimum Gasteiger partial charge on any atom is -0.367 e. The van der Waals surface area contributed by atoms with Gasteiger partial charge in [0.1, 0.15) is 11.6 Å². The molecule has 4 N–H and O–H groups in total. The van der Waals surface area contributed by atoms with Crippen molar-refractivity contribution < 1.29 is 0 Å². The third kappa shape index (κ3) is 5.01. The van der Waals surface area contributed by atoms with Gasteiger partial charge in [0.25, 0.3) is 0 Å². The second-order valence-electron chi connectivity index (χ2n) is 3.47. The molecular weight excluding hydrogens is 254 g/mol. The average Bonchev–Trinajstić information content (AvgIpc) is 2.35. The lowest BCUT2D eigenvalue weighted by atomic mass is 10.4. The van der Waals surface area contributed by atoms with Gasteiger partial charge < -0.3 is 10.7 Å². The van der Waals surface area contributed by atoms with Gasteiger partial charge in [-0.2, -0.15) is 11.8 Å². The summed E-state index contributed by atoms with van der Waals surface area (Å²) >= 11 is 3.40. The van der Waals surface area contributed by atoms with Crippen LogP contribution in [0, 0.1) is 0 Å². The third-order valence-corrected chi connectivity index (χ3v) is 3.69. The van der Waals surface area contributed by atoms with Crippen molar-refractivity contribution in [3.63, 3.8) is 0 Å². The molecule has 1 aromatic rings. The number of hydrogen-bond donors (Lipinski definition) is 3. The predicted molar refractivity (Wildman–Crippen MR) is 77.7 cm³/mol. The maximum absolute atomic E-state index is 5.37. The van der Waals surface area contributed by atoms with Crippen molar-refractivity contribution in [1.29, 1.82) is 0 Å². The average molecular weight is 273 g/mol. The zero-order chi connectivity index (χ0) is 12.7. The summed E-state index contributed by atoms with van der Waals surface area (Å²) in [6, 6.07) is 2.18. The number of hydrogen-bond acceptors (Lipinski definition) is 7. The largest absolute Gasteiger partial charge is 0.367 e. The highest BCUT2D eigenvalue weighted by Gasteiger charge is 2.06. The predicted octanol–water partition coefficient (Wildman–Crippen LogP) is 2.04. The van der Waals surface area contributed by atoms with Crippen LogP contribution in [0.2, 0.25) is 0 Å². The monoisotopic (exact) mass is 273 g/mol. The number of thioether (sulfide) groups is 2. The highest BCUT2D eigenvalue weighted by molar-refractivity contribution is 7.99. The molecule has 1 heterocycles. The lowest BCUT2D eigenvalue weighted by Crippen LogP contribution is -2.20. The Morgan fingerprint density at radius 1 is 1.41 bits per heavy atom. The first-order chi connectivity index (χ1) is 8.19. The highest BCUT2D eigenvalue weighted by atomic mass is 32.2. The Kier molecular flexibility index (Phi) is 6.46.